The number of amides is 1. The number of nitrogens with one attached hydrogen (secondary N) is 3. The van der Waals surface area contributed by atoms with Crippen molar-refractivity contribution in [3.05, 3.63) is 29.3 Å². The fourth-order valence-corrected chi connectivity index (χ4v) is 2.95. The van der Waals surface area contributed by atoms with Gasteiger partial charge in [0.25, 0.3) is 5.91 Å². The number of carbonyl (C=O) groups is 1. The number of halogens is 1. The Morgan fingerprint density at radius 1 is 1.33 bits per heavy atom. The SMILES string of the molecule is COCCNC(=O)C[NH+]1CCN(C(=S)Nc2ccc(Cl)cc2)CC1. The zero-order valence-electron chi connectivity index (χ0n) is 13.8. The third-order valence-corrected chi connectivity index (χ3v) is 4.50. The van der Waals surface area contributed by atoms with Gasteiger partial charge in [0, 0.05) is 24.4 Å². The zero-order valence-corrected chi connectivity index (χ0v) is 15.4. The average Bonchev–Trinajstić information content (AvgIpc) is 2.58. The first-order valence-corrected chi connectivity index (χ1v) is 8.78. The number of benzene rings is 1. The second kappa shape index (κ2) is 9.78. The van der Waals surface area contributed by atoms with Gasteiger partial charge in [-0.1, -0.05) is 11.6 Å². The van der Waals surface area contributed by atoms with Crippen LogP contribution >= 0.6 is 23.8 Å². The first-order chi connectivity index (χ1) is 11.6. The van der Waals surface area contributed by atoms with E-state index < -0.39 is 0 Å². The summed E-state index contributed by atoms with van der Waals surface area (Å²) in [7, 11) is 1.62. The normalized spacial score (nSPS) is 15.2. The van der Waals surface area contributed by atoms with E-state index >= 15 is 0 Å². The molecule has 0 spiro atoms. The molecular weight excluding hydrogens is 348 g/mol. The molecule has 0 atom stereocenters. The molecule has 1 fully saturated rings. The van der Waals surface area contributed by atoms with Gasteiger partial charge in [-0.25, -0.2) is 0 Å². The smallest absolute Gasteiger partial charge is 0.275 e. The van der Waals surface area contributed by atoms with Crippen molar-refractivity contribution >= 4 is 40.5 Å². The van der Waals surface area contributed by atoms with Crippen molar-refractivity contribution in [2.24, 2.45) is 0 Å². The maximum Gasteiger partial charge on any atom is 0.275 e. The number of anilines is 1. The van der Waals surface area contributed by atoms with E-state index in [0.29, 0.717) is 29.8 Å². The third kappa shape index (κ3) is 6.24. The molecule has 1 amide bonds. The fraction of sp³-hybridized carbons (Fsp3) is 0.500. The number of piperazine rings is 1. The average molecular weight is 372 g/mol. The number of ether oxygens (including phenoxy) is 1. The van der Waals surface area contributed by atoms with Crippen LogP contribution in [0.25, 0.3) is 0 Å². The zero-order chi connectivity index (χ0) is 17.4. The highest BCUT2D eigenvalue weighted by molar-refractivity contribution is 7.80. The number of nitrogens with zero attached hydrogens (tertiary/aromatic N) is 1. The lowest BCUT2D eigenvalue weighted by molar-refractivity contribution is -0.895. The molecule has 0 unspecified atom stereocenters. The maximum absolute atomic E-state index is 11.8. The van der Waals surface area contributed by atoms with Crippen LogP contribution in [0.1, 0.15) is 0 Å². The summed E-state index contributed by atoms with van der Waals surface area (Å²) in [4.78, 5) is 15.2. The van der Waals surface area contributed by atoms with Crippen molar-refractivity contribution in [3.63, 3.8) is 0 Å². The standard InChI is InChI=1S/C16H23ClN4O2S/c1-23-11-6-18-15(22)12-20-7-9-21(10-8-20)16(24)19-14-4-2-13(17)3-5-14/h2-5H,6-12H2,1H3,(H,18,22)(H,19,24)/p+1. The summed E-state index contributed by atoms with van der Waals surface area (Å²) in [6.45, 7) is 5.04. The maximum atomic E-state index is 11.8. The van der Waals surface area contributed by atoms with Crippen LogP contribution in [0.3, 0.4) is 0 Å². The highest BCUT2D eigenvalue weighted by Crippen LogP contribution is 2.14. The van der Waals surface area contributed by atoms with Crippen molar-refractivity contribution in [1.82, 2.24) is 10.2 Å². The molecule has 6 nitrogen and oxygen atoms in total. The Morgan fingerprint density at radius 2 is 2.00 bits per heavy atom. The minimum absolute atomic E-state index is 0.0670. The molecule has 0 saturated carbocycles. The lowest BCUT2D eigenvalue weighted by Crippen LogP contribution is -3.15. The van der Waals surface area contributed by atoms with Crippen molar-refractivity contribution in [3.8, 4) is 0 Å². The van der Waals surface area contributed by atoms with Crippen molar-refractivity contribution in [2.45, 2.75) is 0 Å². The van der Waals surface area contributed by atoms with E-state index in [4.69, 9.17) is 28.6 Å². The van der Waals surface area contributed by atoms with Crippen LogP contribution in [0.2, 0.25) is 5.02 Å². The van der Waals surface area contributed by atoms with E-state index in [2.05, 4.69) is 15.5 Å². The van der Waals surface area contributed by atoms with Gasteiger partial charge < -0.3 is 25.2 Å². The molecule has 24 heavy (non-hydrogen) atoms. The summed E-state index contributed by atoms with van der Waals surface area (Å²) in [6, 6.07) is 7.47. The molecule has 1 aliphatic heterocycles. The Kier molecular flexibility index (Phi) is 7.71. The number of quaternary nitrogens is 1. The third-order valence-electron chi connectivity index (χ3n) is 3.89. The molecular formula is C16H24ClN4O2S+. The molecule has 1 saturated heterocycles. The summed E-state index contributed by atoms with van der Waals surface area (Å²) >= 11 is 11.3. The topological polar surface area (TPSA) is 58.0 Å². The van der Waals surface area contributed by atoms with E-state index in [1.807, 2.05) is 24.3 Å². The second-order valence-corrected chi connectivity index (χ2v) is 6.52. The lowest BCUT2D eigenvalue weighted by atomic mass is 10.3. The predicted octanol–water partition coefficient (Wildman–Crippen LogP) is -0.0001000. The molecule has 0 aliphatic carbocycles. The minimum Gasteiger partial charge on any atom is -0.383 e. The second-order valence-electron chi connectivity index (χ2n) is 5.69. The summed E-state index contributed by atoms with van der Waals surface area (Å²) in [6.07, 6.45) is 0. The largest absolute Gasteiger partial charge is 0.383 e. The molecule has 0 bridgehead atoms. The Labute approximate surface area is 153 Å². The molecule has 0 radical (unpaired) electrons. The Bertz CT molecular complexity index is 548. The van der Waals surface area contributed by atoms with Crippen LogP contribution in [-0.4, -0.2) is 68.9 Å². The van der Waals surface area contributed by atoms with Gasteiger partial charge in [0.1, 0.15) is 0 Å². The monoisotopic (exact) mass is 371 g/mol. The number of carbonyl (C=O) groups excluding carboxylic acids is 1. The van der Waals surface area contributed by atoms with Crippen LogP contribution < -0.4 is 15.5 Å². The van der Waals surface area contributed by atoms with E-state index in [1.54, 1.807) is 7.11 Å². The fourth-order valence-electron chi connectivity index (χ4n) is 2.52. The highest BCUT2D eigenvalue weighted by atomic mass is 35.5. The quantitative estimate of drug-likeness (QED) is 0.485. The molecule has 8 heteroatoms. The van der Waals surface area contributed by atoms with Gasteiger partial charge in [-0.05, 0) is 36.5 Å². The van der Waals surface area contributed by atoms with Crippen LogP contribution in [0.5, 0.6) is 0 Å². The summed E-state index contributed by atoms with van der Waals surface area (Å²) < 4.78 is 4.92. The highest BCUT2D eigenvalue weighted by Gasteiger charge is 2.23. The van der Waals surface area contributed by atoms with E-state index in [-0.39, 0.29) is 5.91 Å². The van der Waals surface area contributed by atoms with Crippen molar-refractivity contribution < 1.29 is 14.4 Å². The van der Waals surface area contributed by atoms with Crippen molar-refractivity contribution in [2.75, 3.05) is 58.3 Å². The minimum atomic E-state index is 0.0670. The molecule has 1 heterocycles. The van der Waals surface area contributed by atoms with Crippen LogP contribution in [-0.2, 0) is 9.53 Å². The summed E-state index contributed by atoms with van der Waals surface area (Å²) in [5.41, 5.74) is 0.927. The Morgan fingerprint density at radius 3 is 2.62 bits per heavy atom. The van der Waals surface area contributed by atoms with E-state index in [9.17, 15) is 4.79 Å². The summed E-state index contributed by atoms with van der Waals surface area (Å²) in [5.74, 6) is 0.0670. The number of hydrogen-bond acceptors (Lipinski definition) is 3. The van der Waals surface area contributed by atoms with Gasteiger partial charge in [-0.3, -0.25) is 4.79 Å². The van der Waals surface area contributed by atoms with Crippen LogP contribution in [0.15, 0.2) is 24.3 Å². The number of rotatable bonds is 6. The molecule has 1 aromatic rings. The first-order valence-electron chi connectivity index (χ1n) is 7.99. The van der Waals surface area contributed by atoms with Crippen LogP contribution in [0.4, 0.5) is 5.69 Å². The first kappa shape index (κ1) is 18.9. The molecule has 0 aromatic heterocycles. The predicted molar refractivity (Wildman–Crippen MR) is 99.7 cm³/mol. The van der Waals surface area contributed by atoms with Gasteiger partial charge in [0.15, 0.2) is 11.7 Å². The van der Waals surface area contributed by atoms with E-state index in [0.717, 1.165) is 31.9 Å². The number of hydrogen-bond donors (Lipinski definition) is 3. The molecule has 1 aliphatic rings. The Balaban J connectivity index is 1.70. The molecule has 3 N–H and O–H groups in total. The van der Waals surface area contributed by atoms with Gasteiger partial charge >= 0.3 is 0 Å². The van der Waals surface area contributed by atoms with E-state index in [1.165, 1.54) is 4.90 Å². The van der Waals surface area contributed by atoms with Gasteiger partial charge in [0.05, 0.1) is 32.8 Å². The van der Waals surface area contributed by atoms with Crippen LogP contribution in [0, 0.1) is 0 Å². The number of thiocarbonyl (C=S) groups is 1. The summed E-state index contributed by atoms with van der Waals surface area (Å²) in [5, 5.41) is 7.49. The molecule has 1 aromatic carbocycles. The lowest BCUT2D eigenvalue weighted by Gasteiger charge is -2.33. The van der Waals surface area contributed by atoms with Gasteiger partial charge in [0.2, 0.25) is 0 Å². The molecule has 132 valence electrons. The number of methoxy groups -OCH3 is 1. The molecule has 2 rings (SSSR count). The van der Waals surface area contributed by atoms with Gasteiger partial charge in [-0.2, -0.15) is 0 Å². The van der Waals surface area contributed by atoms with Crippen molar-refractivity contribution in [1.29, 1.82) is 0 Å². The Hall–Kier alpha value is -1.41. The van der Waals surface area contributed by atoms with Gasteiger partial charge in [-0.15, -0.1) is 0 Å².